The molecule has 0 amide bonds. The molecule has 0 aromatic heterocycles. The van der Waals surface area contributed by atoms with E-state index in [0.717, 1.165) is 11.1 Å². The molecule has 26 heavy (non-hydrogen) atoms. The van der Waals surface area contributed by atoms with Crippen LogP contribution in [0.4, 0.5) is 0 Å². The molecule has 3 nitrogen and oxygen atoms in total. The largest absolute Gasteiger partial charge is 0.494 e. The first-order chi connectivity index (χ1) is 12.4. The Morgan fingerprint density at radius 1 is 0.731 bits per heavy atom. The van der Waals surface area contributed by atoms with E-state index >= 15 is 0 Å². The number of benzene rings is 2. The number of rotatable bonds is 11. The van der Waals surface area contributed by atoms with E-state index in [4.69, 9.17) is 58.7 Å². The van der Waals surface area contributed by atoms with Gasteiger partial charge in [0.25, 0.3) is 0 Å². The van der Waals surface area contributed by atoms with Crippen molar-refractivity contribution in [1.29, 1.82) is 0 Å². The molecule has 2 aromatic rings. The number of hydrogen-bond donors (Lipinski definition) is 0. The van der Waals surface area contributed by atoms with Crippen molar-refractivity contribution in [1.82, 2.24) is 0 Å². The van der Waals surface area contributed by atoms with Crippen molar-refractivity contribution < 1.29 is 13.9 Å². The Labute approximate surface area is 174 Å². The molecule has 0 heterocycles. The van der Waals surface area contributed by atoms with Gasteiger partial charge in [0.15, 0.2) is 0 Å². The highest BCUT2D eigenvalue weighted by atomic mass is 35.8. The van der Waals surface area contributed by atoms with Crippen molar-refractivity contribution in [3.63, 3.8) is 0 Å². The fourth-order valence-corrected chi connectivity index (χ4v) is 4.13. The summed E-state index contributed by atoms with van der Waals surface area (Å²) in [7, 11) is 0. The molecule has 2 aromatic carbocycles. The minimum absolute atomic E-state index is 0.207. The highest BCUT2D eigenvalue weighted by molar-refractivity contribution is 7.62. The highest BCUT2D eigenvalue weighted by Crippen LogP contribution is 2.26. The Bertz CT molecular complexity index is 625. The fourth-order valence-electron chi connectivity index (χ4n) is 2.22. The van der Waals surface area contributed by atoms with Crippen molar-refractivity contribution in [2.75, 3.05) is 13.2 Å². The second-order valence-electron chi connectivity index (χ2n) is 5.62. The first-order valence-corrected chi connectivity index (χ1v) is 13.4. The second-order valence-corrected chi connectivity index (χ2v) is 13.8. The second kappa shape index (κ2) is 11.5. The van der Waals surface area contributed by atoms with Crippen LogP contribution in [0.3, 0.4) is 0 Å². The quantitative estimate of drug-likeness (QED) is 0.253. The van der Waals surface area contributed by atoms with Crippen molar-refractivity contribution >= 4 is 51.1 Å². The van der Waals surface area contributed by atoms with Gasteiger partial charge in [-0.3, -0.25) is 0 Å². The van der Waals surface area contributed by atoms with Gasteiger partial charge in [0.05, 0.1) is 37.9 Å². The summed E-state index contributed by atoms with van der Waals surface area (Å²) in [6.45, 7) is 1.34. The fraction of sp³-hybridized carbons (Fsp3) is 0.333. The molecular formula is C18H20Cl4O3Si. The standard InChI is InChI=1S/C18H20Cl4O3Si/c19-17(13-23-11-15-7-3-1-4-8-15)18(25-26(20,21)22)14-24-12-16-9-5-2-6-10-16/h1-10,17-18H,11-14H2/t17-,18-/m0/s1. The molecule has 0 bridgehead atoms. The zero-order valence-corrected chi connectivity index (χ0v) is 18.0. The van der Waals surface area contributed by atoms with Crippen LogP contribution in [0.2, 0.25) is 0 Å². The lowest BCUT2D eigenvalue weighted by molar-refractivity contribution is 0.0205. The summed E-state index contributed by atoms with van der Waals surface area (Å²) in [5, 5.41) is -0.502. The zero-order valence-electron chi connectivity index (χ0n) is 14.0. The smallest absolute Gasteiger partial charge is 0.375 e. The maximum atomic E-state index is 6.42. The molecule has 0 fully saturated rings. The number of alkyl halides is 1. The van der Waals surface area contributed by atoms with Gasteiger partial charge < -0.3 is 13.9 Å². The number of halogens is 4. The van der Waals surface area contributed by atoms with Crippen LogP contribution in [0.1, 0.15) is 11.1 Å². The van der Waals surface area contributed by atoms with Crippen LogP contribution in [-0.4, -0.2) is 30.9 Å². The Morgan fingerprint density at radius 3 is 1.65 bits per heavy atom. The molecule has 142 valence electrons. The molecule has 0 saturated carbocycles. The lowest BCUT2D eigenvalue weighted by atomic mass is 10.2. The van der Waals surface area contributed by atoms with E-state index in [1.165, 1.54) is 0 Å². The van der Waals surface area contributed by atoms with Gasteiger partial charge in [-0.25, -0.2) is 0 Å². The van der Waals surface area contributed by atoms with Crippen LogP contribution in [0, 0.1) is 0 Å². The maximum Gasteiger partial charge on any atom is 0.494 e. The van der Waals surface area contributed by atoms with Crippen molar-refractivity contribution in [3.05, 3.63) is 71.8 Å². The third-order valence-corrected chi connectivity index (χ3v) is 5.25. The van der Waals surface area contributed by atoms with Crippen LogP contribution >= 0.6 is 44.8 Å². The summed E-state index contributed by atoms with van der Waals surface area (Å²) in [4.78, 5) is 0. The third kappa shape index (κ3) is 9.06. The van der Waals surface area contributed by atoms with Gasteiger partial charge in [-0.15, -0.1) is 11.6 Å². The van der Waals surface area contributed by atoms with Gasteiger partial charge in [-0.05, 0) is 11.1 Å². The van der Waals surface area contributed by atoms with Gasteiger partial charge in [-0.2, -0.15) is 0 Å². The van der Waals surface area contributed by atoms with Crippen LogP contribution < -0.4 is 0 Å². The van der Waals surface area contributed by atoms with Gasteiger partial charge in [0.1, 0.15) is 0 Å². The SMILES string of the molecule is Cl[C@@H](COCc1ccccc1)[C@H](COCc1ccccc1)O[Si](Cl)(Cl)Cl. The Kier molecular flexibility index (Phi) is 9.74. The molecule has 0 spiro atoms. The van der Waals surface area contributed by atoms with E-state index in [0.29, 0.717) is 13.2 Å². The van der Waals surface area contributed by atoms with E-state index in [2.05, 4.69) is 0 Å². The summed E-state index contributed by atoms with van der Waals surface area (Å²) < 4.78 is 16.9. The summed E-state index contributed by atoms with van der Waals surface area (Å²) >= 11 is 24.1. The number of hydrogen-bond acceptors (Lipinski definition) is 3. The molecule has 0 aliphatic heterocycles. The Hall–Kier alpha value is -0.303. The highest BCUT2D eigenvalue weighted by Gasteiger charge is 2.35. The summed E-state index contributed by atoms with van der Waals surface area (Å²) in [5.74, 6) is 0. The summed E-state index contributed by atoms with van der Waals surface area (Å²) in [6.07, 6.45) is -3.89. The van der Waals surface area contributed by atoms with Gasteiger partial charge >= 0.3 is 6.25 Å². The van der Waals surface area contributed by atoms with Crippen molar-refractivity contribution in [3.8, 4) is 0 Å². The average Bonchev–Trinajstić information content (AvgIpc) is 2.61. The van der Waals surface area contributed by atoms with E-state index in [9.17, 15) is 0 Å². The van der Waals surface area contributed by atoms with Crippen LogP contribution in [-0.2, 0) is 27.1 Å². The lowest BCUT2D eigenvalue weighted by Gasteiger charge is -2.25. The van der Waals surface area contributed by atoms with Crippen LogP contribution in [0.15, 0.2) is 60.7 Å². The van der Waals surface area contributed by atoms with Crippen LogP contribution in [0.5, 0.6) is 0 Å². The van der Waals surface area contributed by atoms with Crippen molar-refractivity contribution in [2.45, 2.75) is 24.7 Å². The molecule has 8 heteroatoms. The van der Waals surface area contributed by atoms with E-state index in [-0.39, 0.29) is 13.2 Å². The molecule has 0 saturated heterocycles. The first-order valence-electron chi connectivity index (χ1n) is 8.06. The summed E-state index contributed by atoms with van der Waals surface area (Å²) in [6, 6.07) is 19.6. The predicted octanol–water partition coefficient (Wildman–Crippen LogP) is 5.56. The lowest BCUT2D eigenvalue weighted by Crippen LogP contribution is -2.38. The Balaban J connectivity index is 1.82. The van der Waals surface area contributed by atoms with E-state index in [1.807, 2.05) is 60.7 Å². The minimum atomic E-state index is -3.32. The predicted molar refractivity (Wildman–Crippen MR) is 110 cm³/mol. The number of ether oxygens (including phenoxy) is 2. The Morgan fingerprint density at radius 2 is 1.19 bits per heavy atom. The van der Waals surface area contributed by atoms with Gasteiger partial charge in [-0.1, -0.05) is 93.9 Å². The van der Waals surface area contributed by atoms with Gasteiger partial charge in [0.2, 0.25) is 0 Å². The molecule has 0 aliphatic rings. The third-order valence-electron chi connectivity index (χ3n) is 3.47. The van der Waals surface area contributed by atoms with Crippen molar-refractivity contribution in [2.24, 2.45) is 0 Å². The monoisotopic (exact) mass is 452 g/mol. The van der Waals surface area contributed by atoms with E-state index < -0.39 is 17.7 Å². The summed E-state index contributed by atoms with van der Waals surface area (Å²) in [5.41, 5.74) is 2.11. The topological polar surface area (TPSA) is 27.7 Å². The van der Waals surface area contributed by atoms with Gasteiger partial charge in [0, 0.05) is 0 Å². The molecule has 0 unspecified atom stereocenters. The molecule has 0 radical (unpaired) electrons. The molecule has 0 aliphatic carbocycles. The minimum Gasteiger partial charge on any atom is -0.375 e. The van der Waals surface area contributed by atoms with Crippen LogP contribution in [0.25, 0.3) is 0 Å². The molecule has 0 N–H and O–H groups in total. The molecule has 2 rings (SSSR count). The zero-order chi connectivity index (χ0) is 18.8. The first kappa shape index (κ1) is 22.0. The normalized spacial score (nSPS) is 14.2. The van der Waals surface area contributed by atoms with E-state index in [1.54, 1.807) is 0 Å². The maximum absolute atomic E-state index is 6.42. The molecular weight excluding hydrogens is 434 g/mol. The molecule has 2 atom stereocenters. The average molecular weight is 454 g/mol.